The summed E-state index contributed by atoms with van der Waals surface area (Å²) in [5.41, 5.74) is 1.01. The van der Waals surface area contributed by atoms with Crippen LogP contribution in [0.15, 0.2) is 24.3 Å². The second-order valence-electron chi connectivity index (χ2n) is 5.68. The Kier molecular flexibility index (Phi) is 8.86. The maximum Gasteiger partial charge on any atom is 0.234 e. The third kappa shape index (κ3) is 7.00. The second-order valence-corrected chi connectivity index (χ2v) is 5.68. The van der Waals surface area contributed by atoms with E-state index in [9.17, 15) is 9.59 Å². The van der Waals surface area contributed by atoms with E-state index < -0.39 is 0 Å². The van der Waals surface area contributed by atoms with Crippen LogP contribution in [0.3, 0.4) is 0 Å². The number of rotatable bonds is 10. The van der Waals surface area contributed by atoms with Crippen LogP contribution in [0.2, 0.25) is 0 Å². The number of methoxy groups -OCH3 is 1. The van der Waals surface area contributed by atoms with Crippen LogP contribution >= 0.6 is 0 Å². The number of amides is 2. The Labute approximate surface area is 144 Å². The molecule has 1 aromatic rings. The molecule has 1 rings (SSSR count). The van der Waals surface area contributed by atoms with Gasteiger partial charge < -0.3 is 20.3 Å². The molecule has 0 bridgehead atoms. The minimum absolute atomic E-state index is 0.0372. The molecule has 0 unspecified atom stereocenters. The molecular weight excluding hydrogens is 306 g/mol. The number of hydrogen-bond donors (Lipinski definition) is 2. The Morgan fingerprint density at radius 2 is 1.79 bits per heavy atom. The summed E-state index contributed by atoms with van der Waals surface area (Å²) in [7, 11) is 1.62. The molecule has 0 radical (unpaired) electrons. The zero-order valence-electron chi connectivity index (χ0n) is 15.1. The topological polar surface area (TPSA) is 70.7 Å². The highest BCUT2D eigenvalue weighted by Crippen LogP contribution is 2.10. The summed E-state index contributed by atoms with van der Waals surface area (Å²) in [6, 6.07) is 7.52. The molecule has 2 N–H and O–H groups in total. The molecule has 0 saturated carbocycles. The Morgan fingerprint density at radius 1 is 1.17 bits per heavy atom. The van der Waals surface area contributed by atoms with Gasteiger partial charge in [0.2, 0.25) is 11.8 Å². The molecular formula is C18H29N3O3. The van der Waals surface area contributed by atoms with Crippen molar-refractivity contribution >= 4 is 11.8 Å². The van der Waals surface area contributed by atoms with E-state index >= 15 is 0 Å². The predicted octanol–water partition coefficient (Wildman–Crippen LogP) is 1.55. The lowest BCUT2D eigenvalue weighted by molar-refractivity contribution is -0.131. The van der Waals surface area contributed by atoms with Gasteiger partial charge in [-0.1, -0.05) is 12.1 Å². The maximum atomic E-state index is 12.0. The Balaban J connectivity index is 2.28. The SMILES string of the molecule is CCN(CC)C(=O)C[C@@H](C)NCC(=O)NCc1ccc(OC)cc1. The molecule has 134 valence electrons. The van der Waals surface area contributed by atoms with Gasteiger partial charge in [-0.3, -0.25) is 9.59 Å². The first-order valence-electron chi connectivity index (χ1n) is 8.40. The van der Waals surface area contributed by atoms with Crippen molar-refractivity contribution in [2.75, 3.05) is 26.7 Å². The van der Waals surface area contributed by atoms with Crippen molar-refractivity contribution in [3.8, 4) is 5.75 Å². The molecule has 1 aromatic carbocycles. The van der Waals surface area contributed by atoms with Crippen molar-refractivity contribution in [1.82, 2.24) is 15.5 Å². The van der Waals surface area contributed by atoms with Crippen LogP contribution in [0.1, 0.15) is 32.8 Å². The first-order valence-corrected chi connectivity index (χ1v) is 8.40. The number of ether oxygens (including phenoxy) is 1. The first kappa shape index (κ1) is 20.0. The van der Waals surface area contributed by atoms with Crippen LogP contribution in [0, 0.1) is 0 Å². The molecule has 0 aliphatic rings. The number of benzene rings is 1. The average molecular weight is 335 g/mol. The fraction of sp³-hybridized carbons (Fsp3) is 0.556. The minimum atomic E-state index is -0.0899. The van der Waals surface area contributed by atoms with Crippen molar-refractivity contribution in [1.29, 1.82) is 0 Å². The molecule has 0 saturated heterocycles. The Morgan fingerprint density at radius 3 is 2.33 bits per heavy atom. The minimum Gasteiger partial charge on any atom is -0.497 e. The van der Waals surface area contributed by atoms with Crippen LogP contribution in [-0.4, -0.2) is 49.5 Å². The highest BCUT2D eigenvalue weighted by Gasteiger charge is 2.14. The summed E-state index contributed by atoms with van der Waals surface area (Å²) in [4.78, 5) is 25.7. The zero-order valence-corrected chi connectivity index (χ0v) is 15.1. The van der Waals surface area contributed by atoms with Gasteiger partial charge in [-0.25, -0.2) is 0 Å². The van der Waals surface area contributed by atoms with Gasteiger partial charge in [-0.2, -0.15) is 0 Å². The monoisotopic (exact) mass is 335 g/mol. The molecule has 6 heteroatoms. The van der Waals surface area contributed by atoms with Crippen molar-refractivity contribution in [2.24, 2.45) is 0 Å². The van der Waals surface area contributed by atoms with Gasteiger partial charge in [0, 0.05) is 32.1 Å². The molecule has 6 nitrogen and oxygen atoms in total. The molecule has 0 aromatic heterocycles. The normalized spacial score (nSPS) is 11.7. The van der Waals surface area contributed by atoms with Crippen LogP contribution < -0.4 is 15.4 Å². The number of carbonyl (C=O) groups excluding carboxylic acids is 2. The van der Waals surface area contributed by atoms with E-state index in [4.69, 9.17) is 4.74 Å². The average Bonchev–Trinajstić information content (AvgIpc) is 2.59. The smallest absolute Gasteiger partial charge is 0.234 e. The van der Waals surface area contributed by atoms with Crippen molar-refractivity contribution < 1.29 is 14.3 Å². The van der Waals surface area contributed by atoms with Gasteiger partial charge in [-0.15, -0.1) is 0 Å². The second kappa shape index (κ2) is 10.6. The van der Waals surface area contributed by atoms with E-state index in [1.807, 2.05) is 45.0 Å². The quantitative estimate of drug-likeness (QED) is 0.680. The standard InChI is InChI=1S/C18H29N3O3/c1-5-21(6-2)18(23)11-14(3)19-13-17(22)20-12-15-7-9-16(24-4)10-8-15/h7-10,14,19H,5-6,11-13H2,1-4H3,(H,20,22)/t14-/m1/s1. The predicted molar refractivity (Wildman–Crippen MR) is 94.9 cm³/mol. The summed E-state index contributed by atoms with van der Waals surface area (Å²) in [6.07, 6.45) is 0.396. The van der Waals surface area contributed by atoms with Gasteiger partial charge in [-0.05, 0) is 38.5 Å². The molecule has 0 spiro atoms. The number of nitrogens with zero attached hydrogens (tertiary/aromatic N) is 1. The Hall–Kier alpha value is -2.08. The van der Waals surface area contributed by atoms with Crippen LogP contribution in [-0.2, 0) is 16.1 Å². The zero-order chi connectivity index (χ0) is 17.9. The Bertz CT molecular complexity index is 513. The van der Waals surface area contributed by atoms with Gasteiger partial charge >= 0.3 is 0 Å². The van der Waals surface area contributed by atoms with Gasteiger partial charge in [0.1, 0.15) is 5.75 Å². The molecule has 0 fully saturated rings. The van der Waals surface area contributed by atoms with E-state index in [2.05, 4.69) is 10.6 Å². The molecule has 1 atom stereocenters. The maximum absolute atomic E-state index is 12.0. The van der Waals surface area contributed by atoms with E-state index in [-0.39, 0.29) is 24.4 Å². The van der Waals surface area contributed by atoms with E-state index in [0.29, 0.717) is 26.1 Å². The van der Waals surface area contributed by atoms with Crippen molar-refractivity contribution in [2.45, 2.75) is 39.8 Å². The molecule has 0 heterocycles. The van der Waals surface area contributed by atoms with Crippen LogP contribution in [0.25, 0.3) is 0 Å². The third-order valence-corrected chi connectivity index (χ3v) is 3.86. The number of hydrogen-bond acceptors (Lipinski definition) is 4. The summed E-state index contributed by atoms with van der Waals surface area (Å²) >= 11 is 0. The highest BCUT2D eigenvalue weighted by molar-refractivity contribution is 5.78. The first-order chi connectivity index (χ1) is 11.5. The lowest BCUT2D eigenvalue weighted by Crippen LogP contribution is -2.41. The lowest BCUT2D eigenvalue weighted by atomic mass is 10.2. The number of carbonyl (C=O) groups is 2. The fourth-order valence-corrected chi connectivity index (χ4v) is 2.31. The largest absolute Gasteiger partial charge is 0.497 e. The van der Waals surface area contributed by atoms with E-state index in [1.54, 1.807) is 12.0 Å². The number of nitrogens with one attached hydrogen (secondary N) is 2. The van der Waals surface area contributed by atoms with E-state index in [0.717, 1.165) is 11.3 Å². The van der Waals surface area contributed by atoms with Gasteiger partial charge in [0.05, 0.1) is 13.7 Å². The van der Waals surface area contributed by atoms with Gasteiger partial charge in [0.25, 0.3) is 0 Å². The summed E-state index contributed by atoms with van der Waals surface area (Å²) < 4.78 is 5.10. The van der Waals surface area contributed by atoms with Gasteiger partial charge in [0.15, 0.2) is 0 Å². The summed E-state index contributed by atoms with van der Waals surface area (Å²) in [5.74, 6) is 0.810. The highest BCUT2D eigenvalue weighted by atomic mass is 16.5. The molecule has 0 aliphatic heterocycles. The van der Waals surface area contributed by atoms with Crippen LogP contribution in [0.5, 0.6) is 5.75 Å². The lowest BCUT2D eigenvalue weighted by Gasteiger charge is -2.21. The van der Waals surface area contributed by atoms with Crippen molar-refractivity contribution in [3.63, 3.8) is 0 Å². The fourth-order valence-electron chi connectivity index (χ4n) is 2.31. The van der Waals surface area contributed by atoms with Crippen molar-refractivity contribution in [3.05, 3.63) is 29.8 Å². The van der Waals surface area contributed by atoms with Crippen LogP contribution in [0.4, 0.5) is 0 Å². The molecule has 24 heavy (non-hydrogen) atoms. The summed E-state index contributed by atoms with van der Waals surface area (Å²) in [5, 5.41) is 5.94. The summed E-state index contributed by atoms with van der Waals surface area (Å²) in [6.45, 7) is 7.94. The third-order valence-electron chi connectivity index (χ3n) is 3.86. The molecule has 2 amide bonds. The van der Waals surface area contributed by atoms with E-state index in [1.165, 1.54) is 0 Å². The molecule has 0 aliphatic carbocycles.